The number of benzene rings is 2. The third kappa shape index (κ3) is 5.10. The lowest BCUT2D eigenvalue weighted by atomic mass is 10.2. The molecular formula is C26H28N4O2S. The summed E-state index contributed by atoms with van der Waals surface area (Å²) in [5.74, 6) is 1.14. The molecule has 33 heavy (non-hydrogen) atoms. The zero-order valence-electron chi connectivity index (χ0n) is 19.2. The number of ketones is 1. The van der Waals surface area contributed by atoms with E-state index >= 15 is 0 Å². The number of carbonyl (C=O) groups excluding carboxylic acids is 1. The van der Waals surface area contributed by atoms with E-state index < -0.39 is 0 Å². The van der Waals surface area contributed by atoms with Gasteiger partial charge in [0.1, 0.15) is 0 Å². The lowest BCUT2D eigenvalue weighted by molar-refractivity contribution is 0.102. The van der Waals surface area contributed by atoms with Gasteiger partial charge in [0.15, 0.2) is 16.8 Å². The normalized spacial score (nSPS) is 11.1. The fourth-order valence-corrected chi connectivity index (χ4v) is 4.79. The maximum absolute atomic E-state index is 13.1. The van der Waals surface area contributed by atoms with E-state index in [1.807, 2.05) is 85.1 Å². The first-order valence-electron chi connectivity index (χ1n) is 11.0. The molecule has 0 aliphatic heterocycles. The molecule has 0 aliphatic carbocycles. The monoisotopic (exact) mass is 460 g/mol. The minimum Gasteiger partial charge on any atom is -0.385 e. The fourth-order valence-electron chi connectivity index (χ4n) is 3.95. The molecule has 7 heteroatoms. The largest absolute Gasteiger partial charge is 0.385 e. The predicted molar refractivity (Wildman–Crippen MR) is 132 cm³/mol. The summed E-state index contributed by atoms with van der Waals surface area (Å²) in [5.41, 5.74) is 4.81. The average Bonchev–Trinajstić information content (AvgIpc) is 3.40. The molecule has 0 amide bonds. The molecule has 2 aromatic carbocycles. The molecule has 0 saturated heterocycles. The van der Waals surface area contributed by atoms with Crippen molar-refractivity contribution in [3.8, 4) is 17.1 Å². The van der Waals surface area contributed by atoms with Gasteiger partial charge < -0.3 is 9.30 Å². The fraction of sp³-hybridized carbons (Fsp3) is 0.269. The van der Waals surface area contributed by atoms with Crippen LogP contribution < -0.4 is 0 Å². The number of thioether (sulfide) groups is 1. The minimum absolute atomic E-state index is 0.0926. The molecule has 0 bridgehead atoms. The molecule has 0 radical (unpaired) electrons. The molecule has 0 spiro atoms. The summed E-state index contributed by atoms with van der Waals surface area (Å²) < 4.78 is 9.37. The van der Waals surface area contributed by atoms with Gasteiger partial charge in [-0.3, -0.25) is 9.36 Å². The second kappa shape index (κ2) is 10.6. The van der Waals surface area contributed by atoms with Crippen LogP contribution in [0.15, 0.2) is 71.9 Å². The van der Waals surface area contributed by atoms with Crippen molar-refractivity contribution < 1.29 is 9.53 Å². The Balaban J connectivity index is 1.57. The van der Waals surface area contributed by atoms with E-state index in [0.29, 0.717) is 17.5 Å². The van der Waals surface area contributed by atoms with Crippen molar-refractivity contribution in [1.82, 2.24) is 19.3 Å². The highest BCUT2D eigenvalue weighted by molar-refractivity contribution is 7.99. The first-order chi connectivity index (χ1) is 16.1. The first-order valence-corrected chi connectivity index (χ1v) is 12.0. The third-order valence-electron chi connectivity index (χ3n) is 5.62. The van der Waals surface area contributed by atoms with Crippen LogP contribution in [0, 0.1) is 13.8 Å². The lowest BCUT2D eigenvalue weighted by Gasteiger charge is -2.10. The maximum Gasteiger partial charge on any atom is 0.196 e. The van der Waals surface area contributed by atoms with Gasteiger partial charge in [-0.15, -0.1) is 10.2 Å². The van der Waals surface area contributed by atoms with Gasteiger partial charge in [-0.2, -0.15) is 0 Å². The van der Waals surface area contributed by atoms with Gasteiger partial charge in [0, 0.05) is 48.5 Å². The van der Waals surface area contributed by atoms with Gasteiger partial charge >= 0.3 is 0 Å². The van der Waals surface area contributed by atoms with E-state index in [1.165, 1.54) is 11.8 Å². The van der Waals surface area contributed by atoms with Crippen LogP contribution in [0.3, 0.4) is 0 Å². The van der Waals surface area contributed by atoms with Crippen LogP contribution in [-0.2, 0) is 11.3 Å². The van der Waals surface area contributed by atoms with Crippen LogP contribution in [0.25, 0.3) is 17.1 Å². The molecule has 2 aromatic heterocycles. The maximum atomic E-state index is 13.1. The zero-order valence-corrected chi connectivity index (χ0v) is 20.0. The zero-order chi connectivity index (χ0) is 23.2. The van der Waals surface area contributed by atoms with Crippen molar-refractivity contribution in [1.29, 1.82) is 0 Å². The Hall–Kier alpha value is -3.16. The molecular weight excluding hydrogens is 432 g/mol. The second-order valence-electron chi connectivity index (χ2n) is 7.84. The Morgan fingerprint density at radius 2 is 1.70 bits per heavy atom. The molecule has 4 rings (SSSR count). The lowest BCUT2D eigenvalue weighted by Crippen LogP contribution is -2.08. The number of hydrogen-bond donors (Lipinski definition) is 0. The summed E-state index contributed by atoms with van der Waals surface area (Å²) in [4.78, 5) is 13.1. The Labute approximate surface area is 198 Å². The summed E-state index contributed by atoms with van der Waals surface area (Å²) in [7, 11) is 1.71. The van der Waals surface area contributed by atoms with Crippen molar-refractivity contribution in [2.24, 2.45) is 0 Å². The topological polar surface area (TPSA) is 61.9 Å². The third-order valence-corrected chi connectivity index (χ3v) is 6.55. The number of rotatable bonds is 10. The predicted octanol–water partition coefficient (Wildman–Crippen LogP) is 5.36. The summed E-state index contributed by atoms with van der Waals surface area (Å²) >= 11 is 1.42. The molecule has 2 heterocycles. The molecule has 0 unspecified atom stereocenters. The molecule has 0 fully saturated rings. The number of nitrogens with zero attached hydrogens (tertiary/aromatic N) is 4. The van der Waals surface area contributed by atoms with Crippen molar-refractivity contribution >= 4 is 17.5 Å². The Morgan fingerprint density at radius 3 is 2.39 bits per heavy atom. The van der Waals surface area contributed by atoms with E-state index in [0.717, 1.165) is 47.0 Å². The van der Waals surface area contributed by atoms with Gasteiger partial charge in [-0.25, -0.2) is 0 Å². The van der Waals surface area contributed by atoms with Crippen LogP contribution in [0.1, 0.15) is 28.2 Å². The molecule has 0 saturated carbocycles. The van der Waals surface area contributed by atoms with Gasteiger partial charge in [-0.05, 0) is 38.5 Å². The summed E-state index contributed by atoms with van der Waals surface area (Å²) in [6.07, 6.45) is 0.914. The van der Waals surface area contributed by atoms with Gasteiger partial charge in [0.05, 0.1) is 5.75 Å². The quantitative estimate of drug-likeness (QED) is 0.181. The number of methoxy groups -OCH3 is 1. The SMILES string of the molecule is COCCCn1c(C)cc(C(=O)CSc2nnc(-c3ccccc3)n2-c2ccccc2)c1C. The Morgan fingerprint density at radius 1 is 1.00 bits per heavy atom. The highest BCUT2D eigenvalue weighted by Gasteiger charge is 2.20. The second-order valence-corrected chi connectivity index (χ2v) is 8.78. The van der Waals surface area contributed by atoms with Crippen LogP contribution in [0.2, 0.25) is 0 Å². The smallest absolute Gasteiger partial charge is 0.196 e. The van der Waals surface area contributed by atoms with E-state index in [2.05, 4.69) is 14.8 Å². The number of carbonyl (C=O) groups is 1. The van der Waals surface area contributed by atoms with Crippen LogP contribution in [-0.4, -0.2) is 44.6 Å². The number of aryl methyl sites for hydroxylation is 1. The van der Waals surface area contributed by atoms with E-state index in [1.54, 1.807) is 7.11 Å². The standard InChI is InChI=1S/C26H28N4O2S/c1-19-17-23(20(2)29(19)15-10-16-32-3)24(31)18-33-26-28-27-25(21-11-6-4-7-12-21)30(26)22-13-8-5-9-14-22/h4-9,11-14,17H,10,15-16,18H2,1-3H3. The van der Waals surface area contributed by atoms with Crippen molar-refractivity contribution in [2.75, 3.05) is 19.5 Å². The van der Waals surface area contributed by atoms with Crippen LogP contribution in [0.5, 0.6) is 0 Å². The van der Waals surface area contributed by atoms with Gasteiger partial charge in [0.2, 0.25) is 0 Å². The summed E-state index contributed by atoms with van der Waals surface area (Å²) in [6, 6.07) is 22.0. The Kier molecular flexibility index (Phi) is 7.42. The molecule has 4 aromatic rings. The van der Waals surface area contributed by atoms with Gasteiger partial charge in [-0.1, -0.05) is 60.3 Å². The first kappa shape index (κ1) is 23.0. The minimum atomic E-state index is 0.0926. The van der Waals surface area contributed by atoms with E-state index in [-0.39, 0.29) is 5.78 Å². The van der Waals surface area contributed by atoms with Crippen molar-refractivity contribution in [3.63, 3.8) is 0 Å². The number of hydrogen-bond acceptors (Lipinski definition) is 5. The van der Waals surface area contributed by atoms with E-state index in [9.17, 15) is 4.79 Å². The highest BCUT2D eigenvalue weighted by atomic mass is 32.2. The van der Waals surface area contributed by atoms with Gasteiger partial charge in [0.25, 0.3) is 0 Å². The molecule has 0 aliphatic rings. The highest BCUT2D eigenvalue weighted by Crippen LogP contribution is 2.29. The number of para-hydroxylation sites is 1. The average molecular weight is 461 g/mol. The van der Waals surface area contributed by atoms with Crippen molar-refractivity contribution in [2.45, 2.75) is 32.0 Å². The number of Topliss-reactive ketones (excluding diaryl/α,β-unsaturated/α-hetero) is 1. The van der Waals surface area contributed by atoms with Crippen LogP contribution in [0.4, 0.5) is 0 Å². The molecule has 0 atom stereocenters. The molecule has 6 nitrogen and oxygen atoms in total. The molecule has 170 valence electrons. The summed E-state index contributed by atoms with van der Waals surface area (Å²) in [5, 5.41) is 9.59. The number of ether oxygens (including phenoxy) is 1. The van der Waals surface area contributed by atoms with Crippen molar-refractivity contribution in [3.05, 3.63) is 83.7 Å². The number of aromatic nitrogens is 4. The Bertz CT molecular complexity index is 1220. The van der Waals surface area contributed by atoms with E-state index in [4.69, 9.17) is 4.74 Å². The summed E-state index contributed by atoms with van der Waals surface area (Å²) in [6.45, 7) is 5.60. The van der Waals surface area contributed by atoms with Crippen LogP contribution >= 0.6 is 11.8 Å². The molecule has 0 N–H and O–H groups in total.